The maximum absolute atomic E-state index is 14.3. The standard InChI is InChI=1S/C27H35Cl2F3N4O4/c1-6-40-25(39)17-8-7-16(9-15(17)2)35-23(27(30,31)32)18(10-33)24(38)36(14-26(3,4)5)13-21(37)22-19(28)11-34-12-20(22)29/h10-12,15-17,33,35H,6-9,13-14H2,1-5H3/b23-18+,33-10?/t15-,16-,17-/m0/s1. The maximum atomic E-state index is 14.3. The van der Waals surface area contributed by atoms with Crippen molar-refractivity contribution in [2.75, 3.05) is 19.7 Å². The number of hydrogen-bond donors (Lipinski definition) is 2. The third kappa shape index (κ3) is 8.92. The summed E-state index contributed by atoms with van der Waals surface area (Å²) < 4.78 is 48.1. The number of aromatic nitrogens is 1. The Morgan fingerprint density at radius 1 is 1.18 bits per heavy atom. The van der Waals surface area contributed by atoms with Gasteiger partial charge in [0, 0.05) is 31.2 Å². The van der Waals surface area contributed by atoms with Crippen LogP contribution in [0.4, 0.5) is 13.2 Å². The summed E-state index contributed by atoms with van der Waals surface area (Å²) in [6, 6.07) is -0.702. The van der Waals surface area contributed by atoms with Gasteiger partial charge in [-0.25, -0.2) is 0 Å². The van der Waals surface area contributed by atoms with Crippen molar-refractivity contribution in [1.29, 1.82) is 5.41 Å². The van der Waals surface area contributed by atoms with Crippen LogP contribution in [0.15, 0.2) is 23.7 Å². The molecule has 3 atom stereocenters. The number of nitrogens with zero attached hydrogens (tertiary/aromatic N) is 2. The average molecular weight is 608 g/mol. The van der Waals surface area contributed by atoms with Gasteiger partial charge in [-0.15, -0.1) is 0 Å². The first-order valence-electron chi connectivity index (χ1n) is 12.9. The highest BCUT2D eigenvalue weighted by Gasteiger charge is 2.42. The van der Waals surface area contributed by atoms with Crippen LogP contribution in [0, 0.1) is 22.7 Å². The third-order valence-corrected chi connectivity index (χ3v) is 7.03. The van der Waals surface area contributed by atoms with E-state index in [-0.39, 0.29) is 53.5 Å². The number of halogens is 5. The highest BCUT2D eigenvalue weighted by Crippen LogP contribution is 2.34. The summed E-state index contributed by atoms with van der Waals surface area (Å²) in [5, 5.41) is 10.1. The fraction of sp³-hybridized carbons (Fsp3) is 0.593. The van der Waals surface area contributed by atoms with Crippen LogP contribution in [0.2, 0.25) is 10.0 Å². The van der Waals surface area contributed by atoms with Crippen LogP contribution in [0.1, 0.15) is 64.2 Å². The number of hydrogen-bond acceptors (Lipinski definition) is 7. The van der Waals surface area contributed by atoms with E-state index >= 15 is 0 Å². The Morgan fingerprint density at radius 3 is 2.25 bits per heavy atom. The van der Waals surface area contributed by atoms with Gasteiger partial charge in [0.2, 0.25) is 0 Å². The lowest BCUT2D eigenvalue weighted by atomic mass is 9.78. The summed E-state index contributed by atoms with van der Waals surface area (Å²) >= 11 is 12.2. The Labute approximate surface area is 242 Å². The van der Waals surface area contributed by atoms with Gasteiger partial charge in [-0.1, -0.05) is 50.9 Å². The molecule has 1 amide bonds. The van der Waals surface area contributed by atoms with E-state index in [1.165, 1.54) is 12.4 Å². The molecule has 0 aliphatic heterocycles. The van der Waals surface area contributed by atoms with E-state index in [4.69, 9.17) is 33.3 Å². The van der Waals surface area contributed by atoms with Gasteiger partial charge < -0.3 is 20.4 Å². The molecule has 1 aliphatic rings. The average Bonchev–Trinajstić information content (AvgIpc) is 2.82. The number of carbonyl (C=O) groups excluding carboxylic acids is 3. The Hall–Kier alpha value is -2.66. The van der Waals surface area contributed by atoms with E-state index in [2.05, 4.69) is 10.3 Å². The quantitative estimate of drug-likeness (QED) is 0.149. The van der Waals surface area contributed by atoms with Gasteiger partial charge in [0.05, 0.1) is 40.3 Å². The highest BCUT2D eigenvalue weighted by molar-refractivity contribution is 6.39. The van der Waals surface area contributed by atoms with Crippen molar-refractivity contribution in [2.24, 2.45) is 17.3 Å². The minimum atomic E-state index is -5.00. The smallest absolute Gasteiger partial charge is 0.431 e. The number of ether oxygens (including phenoxy) is 1. The number of carbonyl (C=O) groups is 3. The zero-order valence-corrected chi connectivity index (χ0v) is 24.6. The lowest BCUT2D eigenvalue weighted by molar-refractivity contribution is -0.151. The van der Waals surface area contributed by atoms with Gasteiger partial charge in [0.25, 0.3) is 5.91 Å². The molecule has 1 aromatic rings. The van der Waals surface area contributed by atoms with E-state index in [0.29, 0.717) is 12.6 Å². The molecule has 2 rings (SSSR count). The minimum absolute atomic E-state index is 0.0614. The largest absolute Gasteiger partial charge is 0.466 e. The first-order valence-corrected chi connectivity index (χ1v) is 13.6. The SMILES string of the molecule is CCOC(=O)[C@H]1CC[C@H](N/C(=C(\C=N)C(=O)N(CC(=O)c2c(Cl)cncc2Cl)CC(C)(C)C)C(F)(F)F)C[C@@H]1C. The number of Topliss-reactive ketones (excluding diaryl/α,β-unsaturated/α-hetero) is 1. The Morgan fingerprint density at radius 2 is 1.77 bits per heavy atom. The van der Waals surface area contributed by atoms with Gasteiger partial charge in [0.1, 0.15) is 5.70 Å². The highest BCUT2D eigenvalue weighted by atomic mass is 35.5. The fourth-order valence-electron chi connectivity index (χ4n) is 4.76. The summed E-state index contributed by atoms with van der Waals surface area (Å²) in [7, 11) is 0. The molecule has 0 radical (unpaired) electrons. The first-order chi connectivity index (χ1) is 18.5. The molecule has 0 unspecified atom stereocenters. The molecule has 40 heavy (non-hydrogen) atoms. The molecule has 2 N–H and O–H groups in total. The lowest BCUT2D eigenvalue weighted by Crippen LogP contribution is -2.46. The topological polar surface area (TPSA) is 112 Å². The molecule has 1 saturated carbocycles. The molecule has 0 bridgehead atoms. The van der Waals surface area contributed by atoms with Crippen molar-refractivity contribution in [2.45, 2.75) is 66.1 Å². The molecule has 1 aromatic heterocycles. The number of allylic oxidation sites excluding steroid dienone is 1. The predicted octanol–water partition coefficient (Wildman–Crippen LogP) is 5.87. The third-order valence-electron chi connectivity index (χ3n) is 6.45. The molecule has 13 heteroatoms. The first kappa shape index (κ1) is 33.5. The van der Waals surface area contributed by atoms with Gasteiger partial charge in [0.15, 0.2) is 5.78 Å². The second-order valence-corrected chi connectivity index (χ2v) is 11.9. The Bertz CT molecular complexity index is 1130. The van der Waals surface area contributed by atoms with Gasteiger partial charge in [-0.3, -0.25) is 19.4 Å². The summed E-state index contributed by atoms with van der Waals surface area (Å²) in [5.74, 6) is -2.91. The van der Waals surface area contributed by atoms with Crippen LogP contribution in [-0.2, 0) is 14.3 Å². The lowest BCUT2D eigenvalue weighted by Gasteiger charge is -2.35. The zero-order chi connectivity index (χ0) is 30.4. The molecular weight excluding hydrogens is 572 g/mol. The molecule has 8 nitrogen and oxygen atoms in total. The predicted molar refractivity (Wildman–Crippen MR) is 147 cm³/mol. The van der Waals surface area contributed by atoms with Gasteiger partial charge in [-0.2, -0.15) is 13.2 Å². The summed E-state index contributed by atoms with van der Waals surface area (Å²) in [6.45, 7) is 8.21. The molecule has 1 heterocycles. The Kier molecular flexibility index (Phi) is 11.6. The van der Waals surface area contributed by atoms with Crippen LogP contribution >= 0.6 is 23.2 Å². The van der Waals surface area contributed by atoms with Crippen LogP contribution in [-0.4, -0.2) is 65.7 Å². The fourth-order valence-corrected chi connectivity index (χ4v) is 5.33. The minimum Gasteiger partial charge on any atom is -0.466 e. The van der Waals surface area contributed by atoms with Gasteiger partial charge >= 0.3 is 12.1 Å². The molecule has 0 aromatic carbocycles. The molecule has 1 fully saturated rings. The molecular formula is C27H35Cl2F3N4O4. The van der Waals surface area contributed by atoms with Crippen LogP contribution < -0.4 is 5.32 Å². The number of alkyl halides is 3. The molecule has 0 saturated heterocycles. The number of amides is 1. The number of esters is 1. The molecule has 1 aliphatic carbocycles. The van der Waals surface area contributed by atoms with Crippen molar-refractivity contribution in [3.8, 4) is 0 Å². The second-order valence-electron chi connectivity index (χ2n) is 11.0. The van der Waals surface area contributed by atoms with Crippen molar-refractivity contribution in [1.82, 2.24) is 15.2 Å². The zero-order valence-electron chi connectivity index (χ0n) is 23.1. The van der Waals surface area contributed by atoms with Crippen LogP contribution in [0.25, 0.3) is 0 Å². The van der Waals surface area contributed by atoms with Crippen LogP contribution in [0.5, 0.6) is 0 Å². The molecule has 0 spiro atoms. The number of pyridine rings is 1. The number of ketones is 1. The van der Waals surface area contributed by atoms with Gasteiger partial charge in [-0.05, 0) is 37.5 Å². The van der Waals surface area contributed by atoms with E-state index in [9.17, 15) is 27.6 Å². The molecule has 222 valence electrons. The van der Waals surface area contributed by atoms with Crippen molar-refractivity contribution in [3.63, 3.8) is 0 Å². The second kappa shape index (κ2) is 13.8. The summed E-state index contributed by atoms with van der Waals surface area (Å²) in [5.41, 5.74) is -3.02. The normalized spacial score (nSPS) is 20.3. The van der Waals surface area contributed by atoms with E-state index in [1.54, 1.807) is 34.6 Å². The summed E-state index contributed by atoms with van der Waals surface area (Å²) in [4.78, 5) is 43.6. The number of nitrogens with one attached hydrogen (secondary N) is 2. The monoisotopic (exact) mass is 606 g/mol. The number of rotatable bonds is 10. The van der Waals surface area contributed by atoms with E-state index < -0.39 is 53.1 Å². The van der Waals surface area contributed by atoms with Crippen molar-refractivity contribution < 1.29 is 32.3 Å². The van der Waals surface area contributed by atoms with Crippen molar-refractivity contribution >= 4 is 47.1 Å². The van der Waals surface area contributed by atoms with E-state index in [0.717, 1.165) is 4.90 Å². The summed E-state index contributed by atoms with van der Waals surface area (Å²) in [6.07, 6.45) is -1.49. The Balaban J connectivity index is 2.42. The maximum Gasteiger partial charge on any atom is 0.431 e. The van der Waals surface area contributed by atoms with Crippen molar-refractivity contribution in [3.05, 3.63) is 39.3 Å². The van der Waals surface area contributed by atoms with Crippen LogP contribution in [0.3, 0.4) is 0 Å². The van der Waals surface area contributed by atoms with E-state index in [1.807, 2.05) is 0 Å².